The smallest absolute Gasteiger partial charge is 0.236 e. The maximum Gasteiger partial charge on any atom is 0.236 e. The van der Waals surface area contributed by atoms with Crippen LogP contribution < -0.4 is 0 Å². The van der Waals surface area contributed by atoms with Crippen molar-refractivity contribution in [3.63, 3.8) is 0 Å². The van der Waals surface area contributed by atoms with Crippen molar-refractivity contribution in [3.8, 4) is 12.1 Å². The quantitative estimate of drug-likeness (QED) is 0.654. The van der Waals surface area contributed by atoms with Gasteiger partial charge in [-0.3, -0.25) is 9.69 Å². The molecular weight excluding hydrogens is 204 g/mol. The molecule has 5 heteroatoms. The average molecular weight is 222 g/mol. The van der Waals surface area contributed by atoms with Crippen molar-refractivity contribution in [3.05, 3.63) is 0 Å². The molecule has 16 heavy (non-hydrogen) atoms. The third-order valence-electron chi connectivity index (χ3n) is 2.20. The molecule has 0 fully saturated rings. The van der Waals surface area contributed by atoms with E-state index in [-0.39, 0.29) is 18.4 Å². The molecule has 0 N–H and O–H groups in total. The van der Waals surface area contributed by atoms with Crippen LogP contribution in [0.5, 0.6) is 0 Å². The number of amides is 1. The molecule has 88 valence electrons. The van der Waals surface area contributed by atoms with E-state index in [4.69, 9.17) is 10.5 Å². The van der Waals surface area contributed by atoms with Crippen molar-refractivity contribution in [2.75, 3.05) is 33.7 Å². The minimum atomic E-state index is -0.0813. The number of hydrogen-bond donors (Lipinski definition) is 0. The van der Waals surface area contributed by atoms with Gasteiger partial charge in [0, 0.05) is 20.1 Å². The summed E-state index contributed by atoms with van der Waals surface area (Å²) >= 11 is 0. The van der Waals surface area contributed by atoms with E-state index in [2.05, 4.69) is 6.07 Å². The highest BCUT2D eigenvalue weighted by molar-refractivity contribution is 5.77. The molecule has 0 rings (SSSR count). The maximum atomic E-state index is 11.6. The number of likely N-dealkylation sites (N-methyl/N-ethyl adjacent to an activating group) is 2. The fourth-order valence-electron chi connectivity index (χ4n) is 1.27. The fraction of sp³-hybridized carbons (Fsp3) is 0.727. The Morgan fingerprint density at radius 3 is 2.50 bits per heavy atom. The van der Waals surface area contributed by atoms with E-state index >= 15 is 0 Å². The van der Waals surface area contributed by atoms with Crippen LogP contribution in [0.25, 0.3) is 0 Å². The molecule has 0 aromatic heterocycles. The van der Waals surface area contributed by atoms with E-state index in [0.29, 0.717) is 19.5 Å². The second-order valence-corrected chi connectivity index (χ2v) is 3.95. The van der Waals surface area contributed by atoms with E-state index < -0.39 is 0 Å². The van der Waals surface area contributed by atoms with E-state index in [1.54, 1.807) is 7.05 Å². The summed E-state index contributed by atoms with van der Waals surface area (Å²) in [6.45, 7) is 3.14. The number of hydrogen-bond acceptors (Lipinski definition) is 4. The van der Waals surface area contributed by atoms with Gasteiger partial charge in [0.05, 0.1) is 31.0 Å². The van der Waals surface area contributed by atoms with Gasteiger partial charge in [-0.25, -0.2) is 0 Å². The number of nitriles is 2. The lowest BCUT2D eigenvalue weighted by Gasteiger charge is -2.21. The van der Waals surface area contributed by atoms with Gasteiger partial charge in [0.1, 0.15) is 0 Å². The lowest BCUT2D eigenvalue weighted by atomic mass is 10.2. The number of carbonyl (C=O) groups excluding carboxylic acids is 1. The Morgan fingerprint density at radius 1 is 1.38 bits per heavy atom. The van der Waals surface area contributed by atoms with Crippen LogP contribution in [0, 0.1) is 28.6 Å². The second-order valence-electron chi connectivity index (χ2n) is 3.95. The first-order valence-electron chi connectivity index (χ1n) is 5.20. The largest absolute Gasteiger partial charge is 0.344 e. The van der Waals surface area contributed by atoms with Crippen LogP contribution >= 0.6 is 0 Å². The van der Waals surface area contributed by atoms with Gasteiger partial charge in [0.2, 0.25) is 5.91 Å². The van der Waals surface area contributed by atoms with Gasteiger partial charge >= 0.3 is 0 Å². The van der Waals surface area contributed by atoms with Crippen molar-refractivity contribution in [1.29, 1.82) is 10.5 Å². The Hall–Kier alpha value is -1.59. The Balaban J connectivity index is 3.95. The van der Waals surface area contributed by atoms with E-state index in [1.807, 2.05) is 24.9 Å². The number of rotatable bonds is 6. The van der Waals surface area contributed by atoms with Crippen molar-refractivity contribution in [2.45, 2.75) is 13.3 Å². The van der Waals surface area contributed by atoms with Gasteiger partial charge in [-0.05, 0) is 14.0 Å². The molecule has 0 saturated carbocycles. The zero-order valence-corrected chi connectivity index (χ0v) is 10.1. The predicted octanol–water partition coefficient (Wildman–Crippen LogP) is 0.450. The summed E-state index contributed by atoms with van der Waals surface area (Å²) in [5.74, 6) is -0.106. The summed E-state index contributed by atoms with van der Waals surface area (Å²) in [5, 5.41) is 17.0. The minimum Gasteiger partial charge on any atom is -0.344 e. The van der Waals surface area contributed by atoms with E-state index in [1.165, 1.54) is 4.90 Å². The molecule has 0 saturated heterocycles. The zero-order valence-electron chi connectivity index (χ0n) is 10.1. The van der Waals surface area contributed by atoms with Crippen LogP contribution in [0.2, 0.25) is 0 Å². The third kappa shape index (κ3) is 6.00. The van der Waals surface area contributed by atoms with Crippen LogP contribution in [0.15, 0.2) is 0 Å². The van der Waals surface area contributed by atoms with Gasteiger partial charge in [0.15, 0.2) is 0 Å². The Labute approximate surface area is 96.9 Å². The zero-order chi connectivity index (χ0) is 12.6. The predicted molar refractivity (Wildman–Crippen MR) is 60.1 cm³/mol. The summed E-state index contributed by atoms with van der Waals surface area (Å²) in [6.07, 6.45) is 0.348. The van der Waals surface area contributed by atoms with E-state index in [9.17, 15) is 4.79 Å². The van der Waals surface area contributed by atoms with Crippen LogP contribution in [-0.2, 0) is 4.79 Å². The van der Waals surface area contributed by atoms with Crippen molar-refractivity contribution >= 4 is 5.91 Å². The van der Waals surface area contributed by atoms with Crippen LogP contribution in [0.3, 0.4) is 0 Å². The molecule has 0 bridgehead atoms. The molecule has 0 spiro atoms. The molecule has 5 nitrogen and oxygen atoms in total. The van der Waals surface area contributed by atoms with Crippen molar-refractivity contribution in [1.82, 2.24) is 9.80 Å². The number of carbonyl (C=O) groups is 1. The molecule has 1 atom stereocenters. The molecule has 1 amide bonds. The molecule has 0 aliphatic heterocycles. The van der Waals surface area contributed by atoms with Crippen molar-refractivity contribution in [2.24, 2.45) is 5.92 Å². The topological polar surface area (TPSA) is 71.1 Å². The highest BCUT2D eigenvalue weighted by Gasteiger charge is 2.12. The van der Waals surface area contributed by atoms with Crippen LogP contribution in [0.4, 0.5) is 0 Å². The first-order chi connectivity index (χ1) is 7.51. The molecule has 0 radical (unpaired) electrons. The fourth-order valence-corrected chi connectivity index (χ4v) is 1.27. The molecule has 0 aromatic rings. The van der Waals surface area contributed by atoms with Gasteiger partial charge in [-0.1, -0.05) is 0 Å². The standard InChI is InChI=1S/C11H18N4O/c1-10(7-13)8-14(2)9-11(16)15(3)6-4-5-12/h10H,4,6,8-9H2,1-3H3. The molecule has 0 aliphatic carbocycles. The Bertz CT molecular complexity index is 302. The van der Waals surface area contributed by atoms with Gasteiger partial charge < -0.3 is 4.90 Å². The van der Waals surface area contributed by atoms with Crippen LogP contribution in [0.1, 0.15) is 13.3 Å². The van der Waals surface area contributed by atoms with Crippen LogP contribution in [-0.4, -0.2) is 49.4 Å². The molecule has 0 heterocycles. The highest BCUT2D eigenvalue weighted by atomic mass is 16.2. The van der Waals surface area contributed by atoms with Gasteiger partial charge in [-0.2, -0.15) is 10.5 Å². The summed E-state index contributed by atoms with van der Waals surface area (Å²) in [5.41, 5.74) is 0. The summed E-state index contributed by atoms with van der Waals surface area (Å²) in [7, 11) is 3.49. The highest BCUT2D eigenvalue weighted by Crippen LogP contribution is 1.97. The molecule has 0 aliphatic rings. The molecule has 0 aromatic carbocycles. The molecular formula is C11H18N4O. The Kier molecular flexibility index (Phi) is 6.91. The lowest BCUT2D eigenvalue weighted by molar-refractivity contribution is -0.130. The second kappa shape index (κ2) is 7.67. The Morgan fingerprint density at radius 2 is 2.00 bits per heavy atom. The van der Waals surface area contributed by atoms with Crippen molar-refractivity contribution < 1.29 is 4.79 Å². The SMILES string of the molecule is CC(C#N)CN(C)CC(=O)N(C)CCC#N. The first kappa shape index (κ1) is 14.4. The maximum absolute atomic E-state index is 11.6. The number of nitrogens with zero attached hydrogens (tertiary/aromatic N) is 4. The monoisotopic (exact) mass is 222 g/mol. The van der Waals surface area contributed by atoms with E-state index in [0.717, 1.165) is 0 Å². The normalized spacial score (nSPS) is 11.6. The third-order valence-corrected chi connectivity index (χ3v) is 2.20. The van der Waals surface area contributed by atoms with Gasteiger partial charge in [0.25, 0.3) is 0 Å². The first-order valence-corrected chi connectivity index (χ1v) is 5.20. The molecule has 1 unspecified atom stereocenters. The van der Waals surface area contributed by atoms with Gasteiger partial charge in [-0.15, -0.1) is 0 Å². The summed E-state index contributed by atoms with van der Waals surface area (Å²) in [4.78, 5) is 15.0. The minimum absolute atomic E-state index is 0.0251. The lowest BCUT2D eigenvalue weighted by Crippen LogP contribution is -2.38. The average Bonchev–Trinajstić information content (AvgIpc) is 2.25. The summed E-state index contributed by atoms with van der Waals surface area (Å²) in [6, 6.07) is 4.12. The summed E-state index contributed by atoms with van der Waals surface area (Å²) < 4.78 is 0.